The zero-order valence-electron chi connectivity index (χ0n) is 30.8. The van der Waals surface area contributed by atoms with Gasteiger partial charge in [-0.1, -0.05) is 167 Å². The van der Waals surface area contributed by atoms with Crippen molar-refractivity contribution in [2.24, 2.45) is 0 Å². The normalized spacial score (nSPS) is 13.0. The maximum absolute atomic E-state index is 4.20. The van der Waals surface area contributed by atoms with Crippen molar-refractivity contribution in [3.05, 3.63) is 218 Å². The fraction of sp³-hybridized carbons (Fsp3) is 0.0566. The molecule has 0 bridgehead atoms. The molecular weight excluding hydrogens is 651 g/mol. The smallest absolute Gasteiger partial charge is 0.0465 e. The molecular formula is C53H41N. The molecule has 0 fully saturated rings. The van der Waals surface area contributed by atoms with Crippen LogP contribution in [0, 0.1) is 0 Å². The van der Waals surface area contributed by atoms with E-state index >= 15 is 0 Å². The molecule has 0 aliphatic heterocycles. The summed E-state index contributed by atoms with van der Waals surface area (Å²) in [6.45, 7) is 12.9. The molecule has 0 saturated carbocycles. The first-order chi connectivity index (χ1) is 26.4. The number of rotatable bonds is 8. The lowest BCUT2D eigenvalue weighted by Crippen LogP contribution is -2.18. The predicted octanol–water partition coefficient (Wildman–Crippen LogP) is 14.7. The Bertz CT molecular complexity index is 2760. The van der Waals surface area contributed by atoms with E-state index in [2.05, 4.69) is 202 Å². The number of hydrogen-bond donors (Lipinski definition) is 0. The first-order valence-electron chi connectivity index (χ1n) is 18.7. The fourth-order valence-corrected chi connectivity index (χ4v) is 8.34. The van der Waals surface area contributed by atoms with Gasteiger partial charge in [0.15, 0.2) is 0 Å². The summed E-state index contributed by atoms with van der Waals surface area (Å²) in [4.78, 5) is 2.28. The molecule has 1 nitrogen and oxygen atoms in total. The minimum absolute atomic E-state index is 0.183. The zero-order chi connectivity index (χ0) is 36.8. The summed E-state index contributed by atoms with van der Waals surface area (Å²) in [5.74, 6) is 0. The summed E-state index contributed by atoms with van der Waals surface area (Å²) < 4.78 is 0. The van der Waals surface area contributed by atoms with Crippen LogP contribution in [0.5, 0.6) is 0 Å². The highest BCUT2D eigenvalue weighted by Crippen LogP contribution is 2.51. The standard InChI is InChI=1S/C53H41N/c1-5-12-44(6-2)54(45-28-25-38(26-29-45)37-19-22-40(23-20-37)48-18-11-16-39-14-9-10-17-47(39)48)46-30-32-50-49-31-27-43(34-51(49)53(3,4)52(50)35-46)42-24-21-36-13-7-8-15-41(36)33-42/h5-35H,1-2H2,3-4H3/b44-12+. The summed E-state index contributed by atoms with van der Waals surface area (Å²) in [5.41, 5.74) is 15.5. The predicted molar refractivity (Wildman–Crippen MR) is 232 cm³/mol. The number of benzene rings is 8. The molecule has 258 valence electrons. The van der Waals surface area contributed by atoms with Gasteiger partial charge in [0.25, 0.3) is 0 Å². The molecule has 1 aliphatic rings. The van der Waals surface area contributed by atoms with Crippen LogP contribution in [-0.2, 0) is 5.41 Å². The molecule has 0 saturated heterocycles. The highest BCUT2D eigenvalue weighted by atomic mass is 15.1. The van der Waals surface area contributed by atoms with Crippen LogP contribution in [0.3, 0.4) is 0 Å². The summed E-state index contributed by atoms with van der Waals surface area (Å²) in [6.07, 6.45) is 5.76. The Morgan fingerprint density at radius 1 is 0.463 bits per heavy atom. The van der Waals surface area contributed by atoms with E-state index < -0.39 is 0 Å². The van der Waals surface area contributed by atoms with Gasteiger partial charge in [-0.2, -0.15) is 0 Å². The van der Waals surface area contributed by atoms with E-state index in [1.54, 1.807) is 0 Å². The molecule has 0 heterocycles. The average molecular weight is 692 g/mol. The van der Waals surface area contributed by atoms with Crippen LogP contribution in [0.25, 0.3) is 66.1 Å². The number of fused-ring (bicyclic) bond motifs is 5. The van der Waals surface area contributed by atoms with Crippen molar-refractivity contribution in [3.63, 3.8) is 0 Å². The topological polar surface area (TPSA) is 3.24 Å². The molecule has 8 aromatic rings. The Morgan fingerprint density at radius 2 is 1.02 bits per heavy atom. The van der Waals surface area contributed by atoms with Crippen LogP contribution in [0.15, 0.2) is 207 Å². The fourth-order valence-electron chi connectivity index (χ4n) is 8.34. The molecule has 1 heteroatoms. The van der Waals surface area contributed by atoms with Crippen molar-refractivity contribution in [1.82, 2.24) is 0 Å². The summed E-state index contributed by atoms with van der Waals surface area (Å²) in [7, 11) is 0. The van der Waals surface area contributed by atoms with E-state index in [1.165, 1.54) is 77.2 Å². The van der Waals surface area contributed by atoms with Gasteiger partial charge in [0, 0.05) is 22.5 Å². The van der Waals surface area contributed by atoms with Crippen molar-refractivity contribution in [2.45, 2.75) is 19.3 Å². The molecule has 9 rings (SSSR count). The molecule has 1 aliphatic carbocycles. The number of allylic oxidation sites excluding steroid dienone is 3. The van der Waals surface area contributed by atoms with Gasteiger partial charge in [-0.3, -0.25) is 0 Å². The first kappa shape index (κ1) is 33.2. The van der Waals surface area contributed by atoms with Crippen molar-refractivity contribution < 1.29 is 0 Å². The summed E-state index contributed by atoms with van der Waals surface area (Å²) in [5, 5.41) is 5.05. The Morgan fingerprint density at radius 3 is 1.76 bits per heavy atom. The van der Waals surface area contributed by atoms with Gasteiger partial charge in [0.05, 0.1) is 0 Å². The van der Waals surface area contributed by atoms with Crippen LogP contribution < -0.4 is 4.90 Å². The van der Waals surface area contributed by atoms with Gasteiger partial charge < -0.3 is 4.90 Å². The molecule has 0 amide bonds. The Balaban J connectivity index is 1.04. The van der Waals surface area contributed by atoms with Gasteiger partial charge in [0.2, 0.25) is 0 Å². The van der Waals surface area contributed by atoms with E-state index in [4.69, 9.17) is 0 Å². The first-order valence-corrected chi connectivity index (χ1v) is 18.7. The third-order valence-electron chi connectivity index (χ3n) is 11.2. The van der Waals surface area contributed by atoms with E-state index in [0.29, 0.717) is 0 Å². The van der Waals surface area contributed by atoms with Crippen molar-refractivity contribution in [3.8, 4) is 44.5 Å². The van der Waals surface area contributed by atoms with Crippen LogP contribution >= 0.6 is 0 Å². The van der Waals surface area contributed by atoms with Gasteiger partial charge in [-0.25, -0.2) is 0 Å². The van der Waals surface area contributed by atoms with Gasteiger partial charge in [0.1, 0.15) is 0 Å². The minimum Gasteiger partial charge on any atom is -0.311 e. The molecule has 0 aromatic heterocycles. The summed E-state index contributed by atoms with van der Waals surface area (Å²) in [6, 6.07) is 62.1. The van der Waals surface area contributed by atoms with E-state index in [0.717, 1.165) is 17.1 Å². The largest absolute Gasteiger partial charge is 0.311 e. The van der Waals surface area contributed by atoms with Gasteiger partial charge >= 0.3 is 0 Å². The van der Waals surface area contributed by atoms with Crippen LogP contribution in [-0.4, -0.2) is 0 Å². The second kappa shape index (κ2) is 13.4. The maximum Gasteiger partial charge on any atom is 0.0465 e. The molecule has 0 spiro atoms. The lowest BCUT2D eigenvalue weighted by molar-refractivity contribution is 0.660. The maximum atomic E-state index is 4.20. The van der Waals surface area contributed by atoms with E-state index in [1.807, 2.05) is 18.2 Å². The number of anilines is 2. The third kappa shape index (κ3) is 5.66. The SMILES string of the molecule is C=C/C=C(\C=C)N(c1ccc(-c2ccc(-c3cccc4ccccc34)cc2)cc1)c1ccc2c(c1)C(C)(C)c1cc(-c3ccc4ccccc4c3)ccc1-2. The lowest BCUT2D eigenvalue weighted by atomic mass is 9.81. The average Bonchev–Trinajstić information content (AvgIpc) is 3.45. The molecule has 0 N–H and O–H groups in total. The van der Waals surface area contributed by atoms with Gasteiger partial charge in [-0.05, 0) is 126 Å². The zero-order valence-corrected chi connectivity index (χ0v) is 30.8. The van der Waals surface area contributed by atoms with Crippen molar-refractivity contribution in [2.75, 3.05) is 4.90 Å². The Hall–Kier alpha value is -6.70. The molecule has 0 atom stereocenters. The molecule has 8 aromatic carbocycles. The van der Waals surface area contributed by atoms with Crippen LogP contribution in [0.1, 0.15) is 25.0 Å². The van der Waals surface area contributed by atoms with E-state index in [-0.39, 0.29) is 5.41 Å². The van der Waals surface area contributed by atoms with Crippen molar-refractivity contribution >= 4 is 32.9 Å². The second-order valence-electron chi connectivity index (χ2n) is 14.7. The highest BCUT2D eigenvalue weighted by Gasteiger charge is 2.36. The second-order valence-corrected chi connectivity index (χ2v) is 14.7. The summed E-state index contributed by atoms with van der Waals surface area (Å²) >= 11 is 0. The minimum atomic E-state index is -0.183. The van der Waals surface area contributed by atoms with Gasteiger partial charge in [-0.15, -0.1) is 0 Å². The van der Waals surface area contributed by atoms with Crippen LogP contribution in [0.2, 0.25) is 0 Å². The molecule has 54 heavy (non-hydrogen) atoms. The Kier molecular flexibility index (Phi) is 8.21. The van der Waals surface area contributed by atoms with E-state index in [9.17, 15) is 0 Å². The van der Waals surface area contributed by atoms with Crippen molar-refractivity contribution in [1.29, 1.82) is 0 Å². The number of nitrogens with zero attached hydrogens (tertiary/aromatic N) is 1. The highest BCUT2D eigenvalue weighted by molar-refractivity contribution is 5.97. The Labute approximate surface area is 318 Å². The monoisotopic (exact) mass is 691 g/mol. The van der Waals surface area contributed by atoms with Crippen LogP contribution in [0.4, 0.5) is 11.4 Å². The molecule has 0 radical (unpaired) electrons. The number of hydrogen-bond acceptors (Lipinski definition) is 1. The quantitative estimate of drug-likeness (QED) is 0.143. The third-order valence-corrected chi connectivity index (χ3v) is 11.2. The lowest BCUT2D eigenvalue weighted by Gasteiger charge is -2.29. The molecule has 0 unspecified atom stereocenters.